The van der Waals surface area contributed by atoms with Crippen LogP contribution in [0.1, 0.15) is 39.3 Å². The monoisotopic (exact) mass is 241 g/mol. The topological polar surface area (TPSA) is 12.9 Å². The molecule has 0 aliphatic carbocycles. The van der Waals surface area contributed by atoms with Gasteiger partial charge in [-0.1, -0.05) is 43.6 Å². The van der Waals surface area contributed by atoms with Crippen LogP contribution in [0.4, 0.5) is 0 Å². The first-order valence-corrected chi connectivity index (χ1v) is 5.32. The standard InChI is InChI=1S/C11H16BrN/c1-8(11(2,3)4)10-7-9(12)5-6-13-10/h5-8H,1-4H3. The molecule has 1 heterocycles. The van der Waals surface area contributed by atoms with Gasteiger partial charge in [0.1, 0.15) is 0 Å². The molecule has 0 aliphatic heterocycles. The summed E-state index contributed by atoms with van der Waals surface area (Å²) >= 11 is 3.46. The average Bonchev–Trinajstić information content (AvgIpc) is 2.01. The van der Waals surface area contributed by atoms with E-state index in [1.807, 2.05) is 12.3 Å². The minimum Gasteiger partial charge on any atom is -0.261 e. The summed E-state index contributed by atoms with van der Waals surface area (Å²) in [7, 11) is 0. The molecule has 1 atom stereocenters. The van der Waals surface area contributed by atoms with Crippen LogP contribution < -0.4 is 0 Å². The Morgan fingerprint density at radius 3 is 2.46 bits per heavy atom. The van der Waals surface area contributed by atoms with Crippen molar-refractivity contribution in [1.82, 2.24) is 4.98 Å². The van der Waals surface area contributed by atoms with Crippen LogP contribution in [0.2, 0.25) is 0 Å². The highest BCUT2D eigenvalue weighted by Gasteiger charge is 2.22. The maximum Gasteiger partial charge on any atom is 0.0448 e. The lowest BCUT2D eigenvalue weighted by atomic mass is 9.80. The zero-order valence-corrected chi connectivity index (χ0v) is 10.2. The van der Waals surface area contributed by atoms with E-state index in [2.05, 4.69) is 54.7 Å². The molecule has 0 aliphatic rings. The van der Waals surface area contributed by atoms with Gasteiger partial charge in [0, 0.05) is 22.3 Å². The van der Waals surface area contributed by atoms with Crippen LogP contribution in [0.3, 0.4) is 0 Å². The van der Waals surface area contributed by atoms with E-state index in [0.717, 1.165) is 10.2 Å². The van der Waals surface area contributed by atoms with Gasteiger partial charge in [0.15, 0.2) is 0 Å². The number of halogens is 1. The lowest BCUT2D eigenvalue weighted by molar-refractivity contribution is 0.334. The van der Waals surface area contributed by atoms with Gasteiger partial charge in [0.2, 0.25) is 0 Å². The minimum absolute atomic E-state index is 0.272. The zero-order valence-electron chi connectivity index (χ0n) is 8.63. The van der Waals surface area contributed by atoms with E-state index in [9.17, 15) is 0 Å². The summed E-state index contributed by atoms with van der Waals surface area (Å²) in [4.78, 5) is 4.38. The smallest absolute Gasteiger partial charge is 0.0448 e. The van der Waals surface area contributed by atoms with Crippen molar-refractivity contribution >= 4 is 15.9 Å². The van der Waals surface area contributed by atoms with E-state index in [-0.39, 0.29) is 5.41 Å². The highest BCUT2D eigenvalue weighted by Crippen LogP contribution is 2.33. The van der Waals surface area contributed by atoms with E-state index in [1.54, 1.807) is 0 Å². The second-order valence-electron chi connectivity index (χ2n) is 4.49. The SMILES string of the molecule is CC(c1cc(Br)ccn1)C(C)(C)C. The molecule has 1 aromatic rings. The van der Waals surface area contributed by atoms with E-state index in [4.69, 9.17) is 0 Å². The summed E-state index contributed by atoms with van der Waals surface area (Å²) in [6.07, 6.45) is 1.85. The molecule has 13 heavy (non-hydrogen) atoms. The molecule has 0 amide bonds. The fourth-order valence-electron chi connectivity index (χ4n) is 1.10. The molecule has 1 rings (SSSR count). The molecule has 0 saturated carbocycles. The molecular formula is C11H16BrN. The van der Waals surface area contributed by atoms with Crippen LogP contribution in [0.25, 0.3) is 0 Å². The largest absolute Gasteiger partial charge is 0.261 e. The molecule has 0 bridgehead atoms. The number of hydrogen-bond acceptors (Lipinski definition) is 1. The van der Waals surface area contributed by atoms with Crippen LogP contribution in [-0.2, 0) is 0 Å². The summed E-state index contributed by atoms with van der Waals surface area (Å²) in [5.41, 5.74) is 1.43. The maximum atomic E-state index is 4.38. The Hall–Kier alpha value is -0.370. The quantitative estimate of drug-likeness (QED) is 0.725. The number of aromatic nitrogens is 1. The average molecular weight is 242 g/mol. The number of hydrogen-bond donors (Lipinski definition) is 0. The molecule has 0 N–H and O–H groups in total. The van der Waals surface area contributed by atoms with Crippen LogP contribution in [-0.4, -0.2) is 4.98 Å². The molecule has 2 heteroatoms. The molecule has 0 radical (unpaired) electrons. The van der Waals surface area contributed by atoms with Crippen molar-refractivity contribution in [3.05, 3.63) is 28.5 Å². The molecule has 72 valence electrons. The van der Waals surface area contributed by atoms with Crippen molar-refractivity contribution in [2.45, 2.75) is 33.6 Å². The lowest BCUT2D eigenvalue weighted by Crippen LogP contribution is -2.16. The van der Waals surface area contributed by atoms with Gasteiger partial charge < -0.3 is 0 Å². The Morgan fingerprint density at radius 2 is 2.00 bits per heavy atom. The van der Waals surface area contributed by atoms with Gasteiger partial charge in [-0.3, -0.25) is 4.98 Å². The Kier molecular flexibility index (Phi) is 3.12. The van der Waals surface area contributed by atoms with E-state index < -0.39 is 0 Å². The van der Waals surface area contributed by atoms with Crippen molar-refractivity contribution in [1.29, 1.82) is 0 Å². The lowest BCUT2D eigenvalue weighted by Gasteiger charge is -2.26. The summed E-state index contributed by atoms with van der Waals surface area (Å²) in [5, 5.41) is 0. The maximum absolute atomic E-state index is 4.38. The Bertz CT molecular complexity index is 288. The molecule has 1 aromatic heterocycles. The summed E-state index contributed by atoms with van der Waals surface area (Å²) in [6, 6.07) is 4.05. The third kappa shape index (κ3) is 2.80. The number of rotatable bonds is 1. The van der Waals surface area contributed by atoms with Crippen LogP contribution in [0.15, 0.2) is 22.8 Å². The van der Waals surface area contributed by atoms with Crippen LogP contribution >= 0.6 is 15.9 Å². The Balaban J connectivity index is 2.96. The third-order valence-electron chi connectivity index (χ3n) is 2.49. The van der Waals surface area contributed by atoms with Crippen molar-refractivity contribution in [3.63, 3.8) is 0 Å². The highest BCUT2D eigenvalue weighted by molar-refractivity contribution is 9.10. The normalized spacial score (nSPS) is 14.2. The van der Waals surface area contributed by atoms with Crippen molar-refractivity contribution in [2.24, 2.45) is 5.41 Å². The van der Waals surface area contributed by atoms with Gasteiger partial charge in [-0.05, 0) is 17.5 Å². The summed E-state index contributed by atoms with van der Waals surface area (Å²) in [5.74, 6) is 0.477. The van der Waals surface area contributed by atoms with Crippen molar-refractivity contribution < 1.29 is 0 Å². The first-order valence-electron chi connectivity index (χ1n) is 4.52. The van der Waals surface area contributed by atoms with Gasteiger partial charge in [-0.15, -0.1) is 0 Å². The molecule has 0 saturated heterocycles. The third-order valence-corrected chi connectivity index (χ3v) is 2.98. The number of pyridine rings is 1. The van der Waals surface area contributed by atoms with Crippen LogP contribution in [0, 0.1) is 5.41 Å². The zero-order chi connectivity index (χ0) is 10.1. The first kappa shape index (κ1) is 10.7. The minimum atomic E-state index is 0.272. The van der Waals surface area contributed by atoms with E-state index >= 15 is 0 Å². The predicted octanol–water partition coefficient (Wildman–Crippen LogP) is 3.99. The van der Waals surface area contributed by atoms with Crippen LogP contribution in [0.5, 0.6) is 0 Å². The van der Waals surface area contributed by atoms with Crippen molar-refractivity contribution in [2.75, 3.05) is 0 Å². The van der Waals surface area contributed by atoms with E-state index in [0.29, 0.717) is 5.92 Å². The van der Waals surface area contributed by atoms with Gasteiger partial charge in [-0.25, -0.2) is 0 Å². The predicted molar refractivity (Wildman–Crippen MR) is 59.8 cm³/mol. The van der Waals surface area contributed by atoms with Gasteiger partial charge >= 0.3 is 0 Å². The summed E-state index contributed by atoms with van der Waals surface area (Å²) in [6.45, 7) is 8.93. The fourth-order valence-corrected chi connectivity index (χ4v) is 1.45. The molecule has 0 aromatic carbocycles. The Labute approximate surface area is 88.7 Å². The molecule has 0 fully saturated rings. The van der Waals surface area contributed by atoms with Crippen molar-refractivity contribution in [3.8, 4) is 0 Å². The summed E-state index contributed by atoms with van der Waals surface area (Å²) < 4.78 is 1.11. The highest BCUT2D eigenvalue weighted by atomic mass is 79.9. The molecule has 1 unspecified atom stereocenters. The molecule has 1 nitrogen and oxygen atoms in total. The first-order chi connectivity index (χ1) is 5.91. The van der Waals surface area contributed by atoms with Gasteiger partial charge in [0.05, 0.1) is 0 Å². The van der Waals surface area contributed by atoms with Gasteiger partial charge in [0.25, 0.3) is 0 Å². The molecule has 0 spiro atoms. The Morgan fingerprint density at radius 1 is 1.38 bits per heavy atom. The molecular weight excluding hydrogens is 226 g/mol. The second kappa shape index (κ2) is 3.79. The fraction of sp³-hybridized carbons (Fsp3) is 0.545. The van der Waals surface area contributed by atoms with E-state index in [1.165, 1.54) is 0 Å². The van der Waals surface area contributed by atoms with Gasteiger partial charge in [-0.2, -0.15) is 0 Å². The number of nitrogens with zero attached hydrogens (tertiary/aromatic N) is 1. The second-order valence-corrected chi connectivity index (χ2v) is 5.40.